The van der Waals surface area contributed by atoms with Crippen LogP contribution in [0.1, 0.15) is 101 Å². The minimum atomic E-state index is -0.294. The Hall–Kier alpha value is -7.59. The Morgan fingerprint density at radius 3 is 1.61 bits per heavy atom. The van der Waals surface area contributed by atoms with Gasteiger partial charge in [0, 0.05) is 66.7 Å². The van der Waals surface area contributed by atoms with Crippen LogP contribution >= 0.6 is 0 Å². The van der Waals surface area contributed by atoms with Crippen LogP contribution in [-0.2, 0) is 42.7 Å². The van der Waals surface area contributed by atoms with Gasteiger partial charge in [-0.1, -0.05) is 207 Å². The van der Waals surface area contributed by atoms with Gasteiger partial charge in [-0.05, 0) is 91.3 Å². The molecule has 3 aromatic heterocycles. The minimum absolute atomic E-state index is 0. The van der Waals surface area contributed by atoms with Gasteiger partial charge < -0.3 is 13.9 Å². The third kappa shape index (κ3) is 9.71. The van der Waals surface area contributed by atoms with Crippen LogP contribution in [0.15, 0.2) is 213 Å². The van der Waals surface area contributed by atoms with Crippen LogP contribution in [0, 0.1) is 18.5 Å². The molecule has 0 atom stereocenters. The van der Waals surface area contributed by atoms with E-state index in [9.17, 15) is 0 Å². The largest absolute Gasteiger partial charge is 0.510 e. The molecule has 5 nitrogen and oxygen atoms in total. The molecule has 75 heavy (non-hydrogen) atoms. The molecule has 8 aromatic carbocycles. The Bertz CT molecular complexity index is 3740. The zero-order chi connectivity index (χ0) is 51.4. The van der Waals surface area contributed by atoms with Gasteiger partial charge in [-0.3, -0.25) is 4.57 Å². The van der Waals surface area contributed by atoms with Crippen LogP contribution in [0.4, 0.5) is 0 Å². The number of benzene rings is 8. The molecule has 0 aliphatic rings. The molecule has 0 unspecified atom stereocenters. The van der Waals surface area contributed by atoms with Crippen molar-refractivity contribution < 1.29 is 30.4 Å². The Balaban J connectivity index is 0.00000641. The minimum Gasteiger partial charge on any atom is -0.510 e. The molecule has 0 aliphatic heterocycles. The molecule has 0 saturated heterocycles. The average Bonchev–Trinajstić information content (AvgIpc) is 4.02. The van der Waals surface area contributed by atoms with Crippen LogP contribution in [0.5, 0.6) is 11.5 Å². The van der Waals surface area contributed by atoms with E-state index >= 15 is 0 Å². The first-order valence-corrected chi connectivity index (χ1v) is 25.7. The number of fused-ring (bicyclic) bond motifs is 3. The van der Waals surface area contributed by atoms with Gasteiger partial charge >= 0.3 is 0 Å². The molecule has 0 bridgehead atoms. The topological polar surface area (TPSA) is 35.9 Å². The molecule has 11 aromatic rings. The Morgan fingerprint density at radius 1 is 0.467 bits per heavy atom. The van der Waals surface area contributed by atoms with Crippen molar-refractivity contribution in [3.8, 4) is 39.9 Å². The van der Waals surface area contributed by atoms with Gasteiger partial charge in [0.25, 0.3) is 6.33 Å². The third-order valence-electron chi connectivity index (χ3n) is 15.3. The van der Waals surface area contributed by atoms with Crippen LogP contribution in [0.2, 0.25) is 0 Å². The summed E-state index contributed by atoms with van der Waals surface area (Å²) < 4.78 is 13.2. The van der Waals surface area contributed by atoms with E-state index in [4.69, 9.17) is 9.72 Å². The van der Waals surface area contributed by atoms with E-state index in [-0.39, 0.29) is 42.7 Å². The first-order valence-electron chi connectivity index (χ1n) is 25.7. The molecular formula is C69H62N4OPt-2. The molecule has 0 fully saturated rings. The number of aromatic nitrogens is 4. The second-order valence-electron chi connectivity index (χ2n) is 22.2. The summed E-state index contributed by atoms with van der Waals surface area (Å²) in [5, 5.41) is 2.23. The van der Waals surface area contributed by atoms with Crippen LogP contribution in [0.25, 0.3) is 50.3 Å². The summed E-state index contributed by atoms with van der Waals surface area (Å²) >= 11 is 0. The number of rotatable bonds is 12. The van der Waals surface area contributed by atoms with Gasteiger partial charge in [-0.2, -0.15) is 18.2 Å². The predicted molar refractivity (Wildman–Crippen MR) is 302 cm³/mol. The smallest absolute Gasteiger partial charge is 0.267 e. The summed E-state index contributed by atoms with van der Waals surface area (Å²) in [6.45, 7) is 20.6. The zero-order valence-corrected chi connectivity index (χ0v) is 46.5. The molecule has 0 radical (unpaired) electrons. The molecular weight excluding hydrogens is 1100 g/mol. The monoisotopic (exact) mass is 1160 g/mol. The average molecular weight is 1160 g/mol. The van der Waals surface area contributed by atoms with Gasteiger partial charge in [0.1, 0.15) is 5.82 Å². The number of imidazole rings is 1. The number of hydrogen-bond acceptors (Lipinski definition) is 2. The van der Waals surface area contributed by atoms with E-state index < -0.39 is 0 Å². The van der Waals surface area contributed by atoms with Gasteiger partial charge in [0.05, 0.1) is 11.4 Å². The van der Waals surface area contributed by atoms with Gasteiger partial charge in [-0.15, -0.1) is 29.7 Å². The second-order valence-corrected chi connectivity index (χ2v) is 22.2. The Kier molecular flexibility index (Phi) is 13.5. The van der Waals surface area contributed by atoms with Crippen LogP contribution < -0.4 is 9.30 Å². The Morgan fingerprint density at radius 2 is 1.03 bits per heavy atom. The van der Waals surface area contributed by atoms with Crippen LogP contribution in [-0.4, -0.2) is 14.1 Å². The Labute approximate surface area is 457 Å². The quantitative estimate of drug-likeness (QED) is 0.0903. The van der Waals surface area contributed by atoms with Gasteiger partial charge in [0.15, 0.2) is 0 Å². The number of nitrogens with zero attached hydrogens (tertiary/aromatic N) is 4. The van der Waals surface area contributed by atoms with Crippen LogP contribution in [0.3, 0.4) is 0 Å². The SMILES string of the molecule is CC(C)(C)c1ccc2c(c1)c1ccc(Oc3[c-]c(-n4[c-][n+](-c5cc(C(C)(C)c6ccccc6)cc(C(C)(C)c6ccccc6)c5)c(-c5ccccc5)c4)ccc3)[c-]c1n2-c1cc(C(C)(C)c2ccccc2)ccn1.[Pt]. The normalized spacial score (nSPS) is 12.2. The summed E-state index contributed by atoms with van der Waals surface area (Å²) in [6.07, 6.45) is 7.84. The summed E-state index contributed by atoms with van der Waals surface area (Å²) in [5.74, 6) is 1.97. The first kappa shape index (κ1) is 50.9. The van der Waals surface area contributed by atoms with Crippen molar-refractivity contribution in [3.63, 3.8) is 0 Å². The molecule has 0 amide bonds. The number of ether oxygens (including phenoxy) is 1. The summed E-state index contributed by atoms with van der Waals surface area (Å²) in [6, 6.07) is 78.5. The molecule has 11 rings (SSSR count). The maximum atomic E-state index is 6.77. The molecule has 0 N–H and O–H groups in total. The van der Waals surface area contributed by atoms with Crippen molar-refractivity contribution >= 4 is 21.8 Å². The van der Waals surface area contributed by atoms with E-state index in [1.807, 2.05) is 29.0 Å². The molecule has 3 heterocycles. The number of pyridine rings is 1. The van der Waals surface area contributed by atoms with Crippen molar-refractivity contribution in [2.24, 2.45) is 0 Å². The van der Waals surface area contributed by atoms with Crippen molar-refractivity contribution in [2.75, 3.05) is 0 Å². The zero-order valence-electron chi connectivity index (χ0n) is 44.2. The summed E-state index contributed by atoms with van der Waals surface area (Å²) in [5.41, 5.74) is 13.6. The number of hydrogen-bond donors (Lipinski definition) is 0. The third-order valence-corrected chi connectivity index (χ3v) is 15.3. The molecule has 0 spiro atoms. The van der Waals surface area contributed by atoms with E-state index in [1.165, 1.54) is 38.9 Å². The molecule has 376 valence electrons. The van der Waals surface area contributed by atoms with E-state index in [2.05, 4.69) is 278 Å². The molecule has 6 heteroatoms. The molecule has 0 saturated carbocycles. The maximum absolute atomic E-state index is 6.77. The fourth-order valence-electron chi connectivity index (χ4n) is 10.4. The van der Waals surface area contributed by atoms with E-state index in [1.54, 1.807) is 0 Å². The second kappa shape index (κ2) is 19.9. The van der Waals surface area contributed by atoms with Gasteiger partial charge in [0.2, 0.25) is 0 Å². The molecule has 0 aliphatic carbocycles. The first-order chi connectivity index (χ1) is 35.6. The predicted octanol–water partition coefficient (Wildman–Crippen LogP) is 16.4. The standard InChI is InChI=1S/C69H62N4O.Pt/c1-66(2,3)52-33-36-62-61(42-52)60-35-34-59(45-63(60)73(62)65-43-53(37-38-70-65)67(4,5)49-25-16-11-17-26-49)74-58-32-22-31-56(44-58)71-46-64(48-23-14-10-15-24-48)72(47-71)57-40-54(68(6,7)50-27-18-12-19-28-50)39-55(41-57)69(8,9)51-29-20-13-21-30-51;/h10-43,46H,1-9H3;/q-2;. The van der Waals surface area contributed by atoms with Crippen molar-refractivity contribution in [1.29, 1.82) is 0 Å². The van der Waals surface area contributed by atoms with Crippen molar-refractivity contribution in [2.45, 2.75) is 84.0 Å². The fourth-order valence-corrected chi connectivity index (χ4v) is 10.4. The summed E-state index contributed by atoms with van der Waals surface area (Å²) in [4.78, 5) is 5.02. The van der Waals surface area contributed by atoms with Gasteiger partial charge in [-0.25, -0.2) is 4.98 Å². The van der Waals surface area contributed by atoms with Crippen molar-refractivity contribution in [3.05, 3.63) is 270 Å². The summed E-state index contributed by atoms with van der Waals surface area (Å²) in [7, 11) is 0. The van der Waals surface area contributed by atoms with E-state index in [0.29, 0.717) is 11.5 Å². The van der Waals surface area contributed by atoms with Crippen molar-refractivity contribution in [1.82, 2.24) is 14.1 Å². The van der Waals surface area contributed by atoms with E-state index in [0.717, 1.165) is 50.3 Å². The fraction of sp³-hybridized carbons (Fsp3) is 0.188. The maximum Gasteiger partial charge on any atom is 0.267 e.